The first kappa shape index (κ1) is 22.7. The van der Waals surface area contributed by atoms with Crippen LogP contribution in [0.3, 0.4) is 0 Å². The van der Waals surface area contributed by atoms with Crippen molar-refractivity contribution in [2.45, 2.75) is 26.8 Å². The van der Waals surface area contributed by atoms with Crippen LogP contribution in [-0.4, -0.2) is 54.4 Å². The second kappa shape index (κ2) is 8.95. The zero-order chi connectivity index (χ0) is 24.7. The Morgan fingerprint density at radius 2 is 2.11 bits per heavy atom. The molecule has 0 unspecified atom stereocenters. The second-order valence-corrected chi connectivity index (χ2v) is 9.29. The van der Waals surface area contributed by atoms with Crippen molar-refractivity contribution in [3.05, 3.63) is 57.5 Å². The summed E-state index contributed by atoms with van der Waals surface area (Å²) in [6.45, 7) is 5.54. The average molecular weight is 494 g/mol. The van der Waals surface area contributed by atoms with Crippen molar-refractivity contribution in [2.24, 2.45) is 5.92 Å². The van der Waals surface area contributed by atoms with Crippen LogP contribution in [0.25, 0.3) is 16.2 Å². The maximum Gasteiger partial charge on any atom is 0.341 e. The Hall–Kier alpha value is -4.06. The molecule has 1 saturated heterocycles. The molecule has 0 atom stereocenters. The van der Waals surface area contributed by atoms with Gasteiger partial charge in [0, 0.05) is 49.7 Å². The molecule has 0 radical (unpaired) electrons. The fraction of sp³-hybridized carbons (Fsp3) is 0.304. The molecule has 2 N–H and O–H groups in total. The number of carbonyl (C=O) groups is 2. The maximum atomic E-state index is 12.9. The van der Waals surface area contributed by atoms with Gasteiger partial charge in [0.1, 0.15) is 11.4 Å². The third kappa shape index (κ3) is 4.16. The molecule has 180 valence electrons. The van der Waals surface area contributed by atoms with Gasteiger partial charge in [0.05, 0.1) is 11.3 Å². The Kier molecular flexibility index (Phi) is 5.81. The lowest BCUT2D eigenvalue weighted by Crippen LogP contribution is -2.52. The Balaban J connectivity index is 1.41. The van der Waals surface area contributed by atoms with E-state index in [0.29, 0.717) is 41.1 Å². The summed E-state index contributed by atoms with van der Waals surface area (Å²) in [5.74, 6) is -0.491. The molecular formula is C23H23N7O4S. The Morgan fingerprint density at radius 1 is 1.31 bits per heavy atom. The van der Waals surface area contributed by atoms with Crippen LogP contribution in [-0.2, 0) is 11.3 Å². The van der Waals surface area contributed by atoms with E-state index in [4.69, 9.17) is 4.98 Å². The van der Waals surface area contributed by atoms with Crippen LogP contribution in [0.1, 0.15) is 29.3 Å². The van der Waals surface area contributed by atoms with Gasteiger partial charge >= 0.3 is 5.97 Å². The summed E-state index contributed by atoms with van der Waals surface area (Å²) in [6.07, 6.45) is 5.67. The van der Waals surface area contributed by atoms with Crippen molar-refractivity contribution in [1.82, 2.24) is 24.3 Å². The van der Waals surface area contributed by atoms with Gasteiger partial charge in [0.2, 0.25) is 11.3 Å². The highest BCUT2D eigenvalue weighted by atomic mass is 32.1. The fourth-order valence-corrected chi connectivity index (χ4v) is 4.73. The molecule has 0 aromatic carbocycles. The van der Waals surface area contributed by atoms with Gasteiger partial charge in [-0.15, -0.1) is 11.3 Å². The molecule has 1 aliphatic heterocycles. The number of amides is 1. The first-order chi connectivity index (χ1) is 16.9. The molecule has 0 spiro atoms. The van der Waals surface area contributed by atoms with E-state index < -0.39 is 11.4 Å². The summed E-state index contributed by atoms with van der Waals surface area (Å²) >= 11 is 1.31. The number of carboxylic acid groups (broad SMARTS) is 1. The third-order valence-corrected chi connectivity index (χ3v) is 6.69. The van der Waals surface area contributed by atoms with Gasteiger partial charge in [-0.05, 0) is 25.0 Å². The van der Waals surface area contributed by atoms with Crippen LogP contribution < -0.4 is 15.6 Å². The van der Waals surface area contributed by atoms with E-state index in [0.717, 1.165) is 13.0 Å². The van der Waals surface area contributed by atoms with Crippen LogP contribution in [0.2, 0.25) is 0 Å². The molecule has 0 aliphatic carbocycles. The van der Waals surface area contributed by atoms with Gasteiger partial charge in [-0.1, -0.05) is 6.92 Å². The van der Waals surface area contributed by atoms with Crippen molar-refractivity contribution in [3.63, 3.8) is 0 Å². The lowest BCUT2D eigenvalue weighted by atomic mass is 9.98. The predicted octanol–water partition coefficient (Wildman–Crippen LogP) is 2.53. The van der Waals surface area contributed by atoms with Crippen molar-refractivity contribution in [1.29, 1.82) is 0 Å². The van der Waals surface area contributed by atoms with E-state index >= 15 is 0 Å². The monoisotopic (exact) mass is 493 g/mol. The number of carboxylic acids is 1. The first-order valence-electron chi connectivity index (χ1n) is 11.1. The SMILES string of the molecule is CCCn1ccc(NC(=O)C2CN(c3cc(C)c4c(=O)c(C(=O)O)cn(-c5nccs5)c4n3)C2)n1. The molecular weight excluding hydrogens is 470 g/mol. The fourth-order valence-electron chi connectivity index (χ4n) is 4.11. The zero-order valence-electron chi connectivity index (χ0n) is 19.1. The minimum atomic E-state index is -1.30. The predicted molar refractivity (Wildman–Crippen MR) is 132 cm³/mol. The summed E-state index contributed by atoms with van der Waals surface area (Å²) in [6, 6.07) is 3.53. The largest absolute Gasteiger partial charge is 0.477 e. The second-order valence-electron chi connectivity index (χ2n) is 8.41. The van der Waals surface area contributed by atoms with Gasteiger partial charge in [-0.2, -0.15) is 5.10 Å². The molecule has 1 amide bonds. The van der Waals surface area contributed by atoms with E-state index in [2.05, 4.69) is 22.3 Å². The molecule has 4 aromatic rings. The number of rotatable bonds is 7. The van der Waals surface area contributed by atoms with Gasteiger partial charge in [0.15, 0.2) is 16.6 Å². The highest BCUT2D eigenvalue weighted by molar-refractivity contribution is 7.12. The number of aromatic nitrogens is 5. The van der Waals surface area contributed by atoms with Crippen molar-refractivity contribution in [3.8, 4) is 5.13 Å². The molecule has 11 nitrogen and oxygen atoms in total. The number of pyridine rings is 2. The summed E-state index contributed by atoms with van der Waals surface area (Å²) in [5.41, 5.74) is 0.0183. The first-order valence-corrected chi connectivity index (χ1v) is 12.0. The lowest BCUT2D eigenvalue weighted by Gasteiger charge is -2.39. The van der Waals surface area contributed by atoms with Crippen LogP contribution >= 0.6 is 11.3 Å². The molecule has 5 heterocycles. The van der Waals surface area contributed by atoms with Crippen LogP contribution in [0.4, 0.5) is 11.6 Å². The van der Waals surface area contributed by atoms with Gasteiger partial charge in [-0.25, -0.2) is 14.8 Å². The molecule has 0 saturated carbocycles. The maximum absolute atomic E-state index is 12.9. The van der Waals surface area contributed by atoms with Gasteiger partial charge in [-0.3, -0.25) is 18.8 Å². The summed E-state index contributed by atoms with van der Waals surface area (Å²) < 4.78 is 3.33. The lowest BCUT2D eigenvalue weighted by molar-refractivity contribution is -0.120. The van der Waals surface area contributed by atoms with E-state index in [9.17, 15) is 19.5 Å². The highest BCUT2D eigenvalue weighted by Crippen LogP contribution is 2.29. The van der Waals surface area contributed by atoms with Crippen LogP contribution in [0, 0.1) is 12.8 Å². The molecule has 5 rings (SSSR count). The summed E-state index contributed by atoms with van der Waals surface area (Å²) in [4.78, 5) is 48.2. The van der Waals surface area contributed by atoms with E-state index in [1.165, 1.54) is 22.1 Å². The number of carbonyl (C=O) groups excluding carboxylic acids is 1. The number of hydrogen-bond donors (Lipinski definition) is 2. The molecule has 0 bridgehead atoms. The minimum absolute atomic E-state index is 0.105. The Labute approximate surface area is 203 Å². The Morgan fingerprint density at radius 3 is 2.80 bits per heavy atom. The number of anilines is 2. The standard InChI is InChI=1S/C23H23N7O4S/c1-3-6-29-7-4-16(27-29)25-21(32)14-10-28(11-14)17-9-13(2)18-19(31)15(22(33)34)12-30(20(18)26-17)23-24-5-8-35-23/h4-5,7-9,12,14H,3,6,10-11H2,1-2H3,(H,33,34)(H,25,27,32). The highest BCUT2D eigenvalue weighted by Gasteiger charge is 2.34. The third-order valence-electron chi connectivity index (χ3n) is 5.92. The van der Waals surface area contributed by atoms with Gasteiger partial charge < -0.3 is 15.3 Å². The number of aromatic carboxylic acids is 1. The van der Waals surface area contributed by atoms with Crippen molar-refractivity contribution in [2.75, 3.05) is 23.3 Å². The van der Waals surface area contributed by atoms with E-state index in [1.54, 1.807) is 35.3 Å². The average Bonchev–Trinajstić information content (AvgIpc) is 3.45. The van der Waals surface area contributed by atoms with Crippen LogP contribution in [0.15, 0.2) is 40.9 Å². The summed E-state index contributed by atoms with van der Waals surface area (Å²) in [5, 5.41) is 19.3. The molecule has 35 heavy (non-hydrogen) atoms. The molecule has 12 heteroatoms. The number of nitrogens with one attached hydrogen (secondary N) is 1. The topological polar surface area (TPSA) is 135 Å². The quantitative estimate of drug-likeness (QED) is 0.401. The number of thiazole rings is 1. The molecule has 1 fully saturated rings. The van der Waals surface area contributed by atoms with Crippen molar-refractivity contribution >= 4 is 45.9 Å². The normalized spacial score (nSPS) is 13.7. The number of aryl methyl sites for hydroxylation is 2. The van der Waals surface area contributed by atoms with Gasteiger partial charge in [0.25, 0.3) is 0 Å². The number of nitrogens with zero attached hydrogens (tertiary/aromatic N) is 6. The molecule has 1 aliphatic rings. The summed E-state index contributed by atoms with van der Waals surface area (Å²) in [7, 11) is 0. The Bertz CT molecular complexity index is 1490. The smallest absolute Gasteiger partial charge is 0.341 e. The van der Waals surface area contributed by atoms with E-state index in [-0.39, 0.29) is 22.8 Å². The number of fused-ring (bicyclic) bond motifs is 1. The zero-order valence-corrected chi connectivity index (χ0v) is 19.9. The number of hydrogen-bond acceptors (Lipinski definition) is 8. The van der Waals surface area contributed by atoms with Crippen molar-refractivity contribution < 1.29 is 14.7 Å². The van der Waals surface area contributed by atoms with Crippen LogP contribution in [0.5, 0.6) is 0 Å². The van der Waals surface area contributed by atoms with E-state index in [1.807, 2.05) is 11.1 Å². The molecule has 4 aromatic heterocycles. The minimum Gasteiger partial charge on any atom is -0.477 e.